The largest absolute Gasteiger partial charge is 0.398 e. The fraction of sp³-hybridized carbons (Fsp3) is 0.667. The Morgan fingerprint density at radius 3 is 2.79 bits per heavy atom. The van der Waals surface area contributed by atoms with Gasteiger partial charge in [-0.25, -0.2) is 8.42 Å². The molecule has 0 saturated carbocycles. The Balaban J connectivity index is 1.84. The van der Waals surface area contributed by atoms with Gasteiger partial charge in [0.15, 0.2) is 0 Å². The number of nitrogen functional groups attached to an aromatic ring is 1. The van der Waals surface area contributed by atoms with Crippen molar-refractivity contribution in [3.8, 4) is 0 Å². The molecule has 5 nitrogen and oxygen atoms in total. The summed E-state index contributed by atoms with van der Waals surface area (Å²) in [5.41, 5.74) is 6.17. The van der Waals surface area contributed by atoms with Crippen LogP contribution in [0.2, 0.25) is 0 Å². The van der Waals surface area contributed by atoms with E-state index >= 15 is 0 Å². The van der Waals surface area contributed by atoms with E-state index in [2.05, 4.69) is 4.90 Å². The van der Waals surface area contributed by atoms with E-state index in [0.29, 0.717) is 29.0 Å². The van der Waals surface area contributed by atoms with Crippen LogP contribution >= 0.6 is 11.3 Å². The molecule has 2 fully saturated rings. The van der Waals surface area contributed by atoms with E-state index in [1.165, 1.54) is 17.8 Å². The maximum absolute atomic E-state index is 12.6. The minimum absolute atomic E-state index is 0.372. The Bertz CT molecular complexity index is 555. The Kier molecular flexibility index (Phi) is 3.55. The van der Waals surface area contributed by atoms with Gasteiger partial charge in [0.2, 0.25) is 0 Å². The standard InChI is InChI=1S/C12H19N3O2S2/c13-10-7-12(18-9-10)19(16,17)15-6-2-5-14-4-1-3-11(14)8-15/h7,9,11H,1-6,8,13H2. The molecule has 1 aromatic heterocycles. The van der Waals surface area contributed by atoms with Gasteiger partial charge in [-0.1, -0.05) is 0 Å². The predicted octanol–water partition coefficient (Wildman–Crippen LogP) is 1.19. The maximum atomic E-state index is 12.6. The maximum Gasteiger partial charge on any atom is 0.252 e. The molecule has 0 bridgehead atoms. The summed E-state index contributed by atoms with van der Waals surface area (Å²) in [7, 11) is -3.36. The van der Waals surface area contributed by atoms with Gasteiger partial charge in [0, 0.05) is 30.2 Å². The minimum atomic E-state index is -3.36. The van der Waals surface area contributed by atoms with Gasteiger partial charge in [-0.2, -0.15) is 4.31 Å². The molecule has 0 amide bonds. The number of fused-ring (bicyclic) bond motifs is 1. The molecule has 0 spiro atoms. The monoisotopic (exact) mass is 301 g/mol. The first kappa shape index (κ1) is 13.4. The molecule has 1 atom stereocenters. The lowest BCUT2D eigenvalue weighted by atomic mass is 10.2. The van der Waals surface area contributed by atoms with Crippen LogP contribution in [0.25, 0.3) is 0 Å². The summed E-state index contributed by atoms with van der Waals surface area (Å²) < 4.78 is 27.2. The second kappa shape index (κ2) is 5.05. The molecule has 3 rings (SSSR count). The van der Waals surface area contributed by atoms with Gasteiger partial charge < -0.3 is 5.73 Å². The van der Waals surface area contributed by atoms with Crippen molar-refractivity contribution < 1.29 is 8.42 Å². The van der Waals surface area contributed by atoms with E-state index in [9.17, 15) is 8.42 Å². The number of sulfonamides is 1. The third-order valence-corrected chi connectivity index (χ3v) is 7.25. The Labute approximate surface area is 118 Å². The lowest BCUT2D eigenvalue weighted by Gasteiger charge is -2.24. The summed E-state index contributed by atoms with van der Waals surface area (Å²) in [6.07, 6.45) is 3.21. The third-order valence-electron chi connectivity index (χ3n) is 3.96. The Hall–Kier alpha value is -0.630. The van der Waals surface area contributed by atoms with Crippen LogP contribution in [0.5, 0.6) is 0 Å². The number of hydrogen-bond donors (Lipinski definition) is 1. The number of nitrogens with two attached hydrogens (primary N) is 1. The quantitative estimate of drug-likeness (QED) is 0.891. The van der Waals surface area contributed by atoms with Crippen molar-refractivity contribution in [3.63, 3.8) is 0 Å². The van der Waals surface area contributed by atoms with Crippen LogP contribution in [-0.2, 0) is 10.0 Å². The lowest BCUT2D eigenvalue weighted by molar-refractivity contribution is 0.257. The highest BCUT2D eigenvalue weighted by Crippen LogP contribution is 2.28. The van der Waals surface area contributed by atoms with Gasteiger partial charge in [0.1, 0.15) is 4.21 Å². The summed E-state index contributed by atoms with van der Waals surface area (Å²) in [5, 5.41) is 1.69. The van der Waals surface area contributed by atoms with E-state index in [0.717, 1.165) is 25.9 Å². The summed E-state index contributed by atoms with van der Waals surface area (Å²) in [4.78, 5) is 2.43. The van der Waals surface area contributed by atoms with E-state index < -0.39 is 10.0 Å². The van der Waals surface area contributed by atoms with Gasteiger partial charge in [0.25, 0.3) is 10.0 Å². The highest BCUT2D eigenvalue weighted by molar-refractivity contribution is 7.91. The Morgan fingerprint density at radius 1 is 1.26 bits per heavy atom. The first-order valence-corrected chi connectivity index (χ1v) is 8.97. The molecule has 0 aliphatic carbocycles. The molecule has 19 heavy (non-hydrogen) atoms. The number of hydrogen-bond acceptors (Lipinski definition) is 5. The Morgan fingerprint density at radius 2 is 2.05 bits per heavy atom. The van der Waals surface area contributed by atoms with E-state index in [1.807, 2.05) is 0 Å². The highest BCUT2D eigenvalue weighted by Gasteiger charge is 2.34. The molecular formula is C12H19N3O2S2. The average molecular weight is 301 g/mol. The SMILES string of the molecule is Nc1csc(S(=O)(=O)N2CCCN3CCCC3C2)c1. The van der Waals surface area contributed by atoms with Crippen molar-refractivity contribution in [3.05, 3.63) is 11.4 Å². The average Bonchev–Trinajstić information content (AvgIpc) is 2.94. The van der Waals surface area contributed by atoms with Crippen molar-refractivity contribution in [2.24, 2.45) is 0 Å². The smallest absolute Gasteiger partial charge is 0.252 e. The van der Waals surface area contributed by atoms with Crippen molar-refractivity contribution in [1.82, 2.24) is 9.21 Å². The molecular weight excluding hydrogens is 282 g/mol. The molecule has 7 heteroatoms. The van der Waals surface area contributed by atoms with Crippen LogP contribution in [-0.4, -0.2) is 49.8 Å². The van der Waals surface area contributed by atoms with E-state index in [4.69, 9.17) is 5.73 Å². The molecule has 0 radical (unpaired) electrons. The summed E-state index contributed by atoms with van der Waals surface area (Å²) in [6, 6.07) is 1.96. The van der Waals surface area contributed by atoms with Gasteiger partial charge in [-0.05, 0) is 38.4 Å². The van der Waals surface area contributed by atoms with Crippen molar-refractivity contribution >= 4 is 27.0 Å². The topological polar surface area (TPSA) is 66.6 Å². The zero-order valence-electron chi connectivity index (χ0n) is 10.8. The fourth-order valence-corrected chi connectivity index (χ4v) is 5.73. The third kappa shape index (κ3) is 2.52. The van der Waals surface area contributed by atoms with Crippen LogP contribution in [0.4, 0.5) is 5.69 Å². The molecule has 1 unspecified atom stereocenters. The molecule has 1 aromatic rings. The van der Waals surface area contributed by atoms with E-state index in [-0.39, 0.29) is 0 Å². The molecule has 106 valence electrons. The predicted molar refractivity (Wildman–Crippen MR) is 76.7 cm³/mol. The van der Waals surface area contributed by atoms with E-state index in [1.54, 1.807) is 15.8 Å². The second-order valence-corrected chi connectivity index (χ2v) is 8.32. The zero-order chi connectivity index (χ0) is 13.5. The molecule has 2 N–H and O–H groups in total. The van der Waals surface area contributed by atoms with Crippen molar-refractivity contribution in [2.45, 2.75) is 29.5 Å². The number of thiophene rings is 1. The first-order valence-electron chi connectivity index (χ1n) is 6.65. The van der Waals surface area contributed by atoms with Crippen LogP contribution in [0.15, 0.2) is 15.7 Å². The van der Waals surface area contributed by atoms with Crippen LogP contribution in [0.1, 0.15) is 19.3 Å². The van der Waals surface area contributed by atoms with Gasteiger partial charge in [0.05, 0.1) is 0 Å². The van der Waals surface area contributed by atoms with Crippen LogP contribution in [0.3, 0.4) is 0 Å². The van der Waals surface area contributed by atoms with Gasteiger partial charge in [-0.3, -0.25) is 4.90 Å². The molecule has 0 aromatic carbocycles. The molecule has 2 saturated heterocycles. The normalized spacial score (nSPS) is 26.2. The van der Waals surface area contributed by atoms with Gasteiger partial charge in [-0.15, -0.1) is 11.3 Å². The summed E-state index contributed by atoms with van der Waals surface area (Å²) in [5.74, 6) is 0. The molecule has 3 heterocycles. The van der Waals surface area contributed by atoms with Crippen molar-refractivity contribution in [1.29, 1.82) is 0 Å². The molecule has 2 aliphatic heterocycles. The highest BCUT2D eigenvalue weighted by atomic mass is 32.2. The van der Waals surface area contributed by atoms with Crippen LogP contribution in [0, 0.1) is 0 Å². The minimum Gasteiger partial charge on any atom is -0.398 e. The lowest BCUT2D eigenvalue weighted by Crippen LogP contribution is -2.39. The number of rotatable bonds is 2. The fourth-order valence-electron chi connectivity index (χ4n) is 2.98. The van der Waals surface area contributed by atoms with Crippen molar-refractivity contribution in [2.75, 3.05) is 31.9 Å². The van der Waals surface area contributed by atoms with Crippen LogP contribution < -0.4 is 5.73 Å². The summed E-state index contributed by atoms with van der Waals surface area (Å²) >= 11 is 1.21. The second-order valence-electron chi connectivity index (χ2n) is 5.25. The molecule has 2 aliphatic rings. The zero-order valence-corrected chi connectivity index (χ0v) is 12.4. The number of nitrogens with zero attached hydrogens (tertiary/aromatic N) is 2. The van der Waals surface area contributed by atoms with Gasteiger partial charge >= 0.3 is 0 Å². The summed E-state index contributed by atoms with van der Waals surface area (Å²) in [6.45, 7) is 3.38. The first-order chi connectivity index (χ1) is 9.07. The number of anilines is 1.